The molecular weight excluding hydrogens is 332 g/mol. The summed E-state index contributed by atoms with van der Waals surface area (Å²) in [5.74, 6) is -0.488. The lowest BCUT2D eigenvalue weighted by atomic mass is 10.0. The van der Waals surface area contributed by atoms with Gasteiger partial charge in [-0.1, -0.05) is 43.2 Å². The number of rotatable bonds is 5. The van der Waals surface area contributed by atoms with Gasteiger partial charge in [0.1, 0.15) is 5.56 Å². The summed E-state index contributed by atoms with van der Waals surface area (Å²) in [6, 6.07) is 10.1. The van der Waals surface area contributed by atoms with Crippen molar-refractivity contribution >= 4 is 5.91 Å². The standard InChI is InChI=1S/C19H24N4O3/c24-17(15-12-21-19(26)22-18(15)25)20-13-16(14-8-4-3-5-9-14)23-10-6-1-2-7-11-23/h3-5,8-9,12,16H,1-2,6-7,10-11,13H2,(H,20,24)(H2,21,22,25,26)/t16-/m0/s1. The molecule has 3 N–H and O–H groups in total. The van der Waals surface area contributed by atoms with Gasteiger partial charge in [-0.2, -0.15) is 0 Å². The van der Waals surface area contributed by atoms with E-state index in [2.05, 4.69) is 32.3 Å². The third kappa shape index (κ3) is 4.49. The summed E-state index contributed by atoms with van der Waals surface area (Å²) >= 11 is 0. The Labute approximate surface area is 151 Å². The molecule has 138 valence electrons. The molecule has 0 unspecified atom stereocenters. The Bertz CT molecular complexity index is 836. The number of hydrogen-bond donors (Lipinski definition) is 3. The maximum Gasteiger partial charge on any atom is 0.325 e. The highest BCUT2D eigenvalue weighted by atomic mass is 16.2. The van der Waals surface area contributed by atoms with Crippen LogP contribution < -0.4 is 16.6 Å². The lowest BCUT2D eigenvalue weighted by Gasteiger charge is -2.31. The van der Waals surface area contributed by atoms with Crippen LogP contribution in [0, 0.1) is 0 Å². The number of H-pyrrole nitrogens is 2. The van der Waals surface area contributed by atoms with Crippen LogP contribution in [0.1, 0.15) is 47.6 Å². The van der Waals surface area contributed by atoms with Crippen LogP contribution in [0.25, 0.3) is 0 Å². The van der Waals surface area contributed by atoms with Gasteiger partial charge < -0.3 is 10.3 Å². The van der Waals surface area contributed by atoms with Crippen molar-refractivity contribution in [1.29, 1.82) is 0 Å². The quantitative estimate of drug-likeness (QED) is 0.754. The third-order valence-corrected chi connectivity index (χ3v) is 4.79. The van der Waals surface area contributed by atoms with Gasteiger partial charge in [0, 0.05) is 12.7 Å². The summed E-state index contributed by atoms with van der Waals surface area (Å²) in [6.45, 7) is 2.39. The molecule has 0 radical (unpaired) electrons. The molecule has 3 rings (SSSR count). The molecule has 1 aromatic carbocycles. The van der Waals surface area contributed by atoms with E-state index in [-0.39, 0.29) is 11.6 Å². The summed E-state index contributed by atoms with van der Waals surface area (Å²) < 4.78 is 0. The number of amides is 1. The summed E-state index contributed by atoms with van der Waals surface area (Å²) in [5.41, 5.74) is -0.257. The van der Waals surface area contributed by atoms with Crippen LogP contribution in [-0.4, -0.2) is 40.4 Å². The highest BCUT2D eigenvalue weighted by molar-refractivity contribution is 5.93. The fourth-order valence-corrected chi connectivity index (χ4v) is 3.40. The van der Waals surface area contributed by atoms with Crippen molar-refractivity contribution < 1.29 is 4.79 Å². The average Bonchev–Trinajstić information content (AvgIpc) is 2.92. The van der Waals surface area contributed by atoms with Crippen molar-refractivity contribution in [1.82, 2.24) is 20.2 Å². The number of carbonyl (C=O) groups excluding carboxylic acids is 1. The molecule has 0 saturated carbocycles. The Balaban J connectivity index is 1.76. The van der Waals surface area contributed by atoms with Crippen LogP contribution in [0.3, 0.4) is 0 Å². The molecule has 1 aliphatic heterocycles. The van der Waals surface area contributed by atoms with Gasteiger partial charge in [-0.05, 0) is 31.5 Å². The van der Waals surface area contributed by atoms with Crippen LogP contribution in [0.15, 0.2) is 46.1 Å². The number of hydrogen-bond acceptors (Lipinski definition) is 4. The number of carbonyl (C=O) groups is 1. The van der Waals surface area contributed by atoms with E-state index in [1.165, 1.54) is 12.8 Å². The fraction of sp³-hybridized carbons (Fsp3) is 0.421. The van der Waals surface area contributed by atoms with Gasteiger partial charge in [0.05, 0.1) is 6.04 Å². The SMILES string of the molecule is O=C(NC[C@@H](c1ccccc1)N1CCCCCC1)c1c[nH]c(=O)[nH]c1=O. The van der Waals surface area contributed by atoms with Crippen LogP contribution in [0.4, 0.5) is 0 Å². The summed E-state index contributed by atoms with van der Waals surface area (Å²) in [4.78, 5) is 42.1. The monoisotopic (exact) mass is 356 g/mol. The van der Waals surface area contributed by atoms with Gasteiger partial charge in [0.2, 0.25) is 0 Å². The molecule has 1 aromatic heterocycles. The van der Waals surface area contributed by atoms with E-state index in [1.807, 2.05) is 18.2 Å². The maximum atomic E-state index is 12.4. The van der Waals surface area contributed by atoms with Gasteiger partial charge in [-0.15, -0.1) is 0 Å². The van der Waals surface area contributed by atoms with E-state index < -0.39 is 17.2 Å². The Morgan fingerprint density at radius 3 is 2.42 bits per heavy atom. The molecule has 0 spiro atoms. The Morgan fingerprint density at radius 1 is 1.08 bits per heavy atom. The number of benzene rings is 1. The minimum absolute atomic E-state index is 0.0556. The Hall–Kier alpha value is -2.67. The van der Waals surface area contributed by atoms with Crippen molar-refractivity contribution in [2.24, 2.45) is 0 Å². The van der Waals surface area contributed by atoms with Gasteiger partial charge in [0.25, 0.3) is 11.5 Å². The number of likely N-dealkylation sites (tertiary alicyclic amines) is 1. The minimum atomic E-state index is -0.683. The molecule has 0 aliphatic carbocycles. The second-order valence-electron chi connectivity index (χ2n) is 6.57. The van der Waals surface area contributed by atoms with E-state index in [0.717, 1.165) is 37.7 Å². The normalized spacial score (nSPS) is 16.6. The smallest absolute Gasteiger partial charge is 0.325 e. The maximum absolute atomic E-state index is 12.4. The number of nitrogens with zero attached hydrogens (tertiary/aromatic N) is 1. The van der Waals surface area contributed by atoms with Crippen LogP contribution >= 0.6 is 0 Å². The summed E-state index contributed by atoms with van der Waals surface area (Å²) in [7, 11) is 0. The lowest BCUT2D eigenvalue weighted by Crippen LogP contribution is -2.40. The van der Waals surface area contributed by atoms with E-state index in [1.54, 1.807) is 0 Å². The number of aromatic amines is 2. The van der Waals surface area contributed by atoms with Crippen LogP contribution in [-0.2, 0) is 0 Å². The zero-order valence-electron chi connectivity index (χ0n) is 14.7. The predicted octanol–water partition coefficient (Wildman–Crippen LogP) is 1.41. The van der Waals surface area contributed by atoms with Crippen LogP contribution in [0.5, 0.6) is 0 Å². The number of aromatic nitrogens is 2. The highest BCUT2D eigenvalue weighted by Crippen LogP contribution is 2.23. The van der Waals surface area contributed by atoms with Crippen molar-refractivity contribution in [2.75, 3.05) is 19.6 Å². The number of nitrogens with one attached hydrogen (secondary N) is 3. The van der Waals surface area contributed by atoms with Gasteiger partial charge in [0.15, 0.2) is 0 Å². The molecule has 2 heterocycles. The fourth-order valence-electron chi connectivity index (χ4n) is 3.40. The Kier molecular flexibility index (Phi) is 6.01. The second kappa shape index (κ2) is 8.62. The van der Waals surface area contributed by atoms with E-state index in [9.17, 15) is 14.4 Å². The zero-order valence-corrected chi connectivity index (χ0v) is 14.7. The van der Waals surface area contributed by atoms with E-state index in [4.69, 9.17) is 0 Å². The summed E-state index contributed by atoms with van der Waals surface area (Å²) in [6.07, 6.45) is 5.92. The Morgan fingerprint density at radius 2 is 1.77 bits per heavy atom. The molecule has 1 atom stereocenters. The lowest BCUT2D eigenvalue weighted by molar-refractivity contribution is 0.0931. The first-order valence-corrected chi connectivity index (χ1v) is 9.04. The van der Waals surface area contributed by atoms with Gasteiger partial charge in [-0.3, -0.25) is 19.5 Å². The molecule has 1 amide bonds. The molecule has 1 aliphatic rings. The molecule has 2 aromatic rings. The molecule has 1 saturated heterocycles. The first-order valence-electron chi connectivity index (χ1n) is 9.04. The zero-order chi connectivity index (χ0) is 18.4. The minimum Gasteiger partial charge on any atom is -0.350 e. The molecular formula is C19H24N4O3. The van der Waals surface area contributed by atoms with Gasteiger partial charge >= 0.3 is 5.69 Å². The largest absolute Gasteiger partial charge is 0.350 e. The first kappa shape index (κ1) is 18.1. The molecule has 26 heavy (non-hydrogen) atoms. The molecule has 0 bridgehead atoms. The van der Waals surface area contributed by atoms with Crippen molar-refractivity contribution in [3.63, 3.8) is 0 Å². The summed E-state index contributed by atoms with van der Waals surface area (Å²) in [5, 5.41) is 2.85. The van der Waals surface area contributed by atoms with Gasteiger partial charge in [-0.25, -0.2) is 4.79 Å². The molecule has 7 heteroatoms. The van der Waals surface area contributed by atoms with Crippen molar-refractivity contribution in [2.45, 2.75) is 31.7 Å². The topological polar surface area (TPSA) is 98.1 Å². The highest BCUT2D eigenvalue weighted by Gasteiger charge is 2.22. The van der Waals surface area contributed by atoms with Crippen LogP contribution in [0.2, 0.25) is 0 Å². The van der Waals surface area contributed by atoms with E-state index >= 15 is 0 Å². The predicted molar refractivity (Wildman–Crippen MR) is 99.2 cm³/mol. The third-order valence-electron chi connectivity index (χ3n) is 4.79. The average molecular weight is 356 g/mol. The van der Waals surface area contributed by atoms with Crippen molar-refractivity contribution in [3.8, 4) is 0 Å². The van der Waals surface area contributed by atoms with Crippen molar-refractivity contribution in [3.05, 3.63) is 68.5 Å². The van der Waals surface area contributed by atoms with E-state index in [0.29, 0.717) is 6.54 Å². The molecule has 7 nitrogen and oxygen atoms in total. The second-order valence-corrected chi connectivity index (χ2v) is 6.57. The molecule has 1 fully saturated rings. The first-order chi connectivity index (χ1) is 12.6.